The summed E-state index contributed by atoms with van der Waals surface area (Å²) in [5.41, 5.74) is 1.33. The highest BCUT2D eigenvalue weighted by Gasteiger charge is 2.27. The first kappa shape index (κ1) is 13.3. The molecule has 2 nitrogen and oxygen atoms in total. The summed E-state index contributed by atoms with van der Waals surface area (Å²) in [6.45, 7) is 6.29. The summed E-state index contributed by atoms with van der Waals surface area (Å²) in [4.78, 5) is 14.2. The van der Waals surface area contributed by atoms with Crippen LogP contribution >= 0.6 is 0 Å². The van der Waals surface area contributed by atoms with Crippen LogP contribution in [0.3, 0.4) is 0 Å². The van der Waals surface area contributed by atoms with Gasteiger partial charge in [0, 0.05) is 31.5 Å². The van der Waals surface area contributed by atoms with Gasteiger partial charge in [-0.2, -0.15) is 0 Å². The van der Waals surface area contributed by atoms with Crippen molar-refractivity contribution in [3.8, 4) is 0 Å². The molecule has 0 N–H and O–H groups in total. The Labute approximate surface area is 110 Å². The Morgan fingerprint density at radius 2 is 2.00 bits per heavy atom. The van der Waals surface area contributed by atoms with Gasteiger partial charge in [-0.05, 0) is 32.3 Å². The predicted octanol–water partition coefficient (Wildman–Crippen LogP) is 3.27. The number of hydrogen-bond donors (Lipinski definition) is 0. The Morgan fingerprint density at radius 1 is 1.28 bits per heavy atom. The average Bonchev–Trinajstić information content (AvgIpc) is 2.75. The summed E-state index contributed by atoms with van der Waals surface area (Å²) in [6, 6.07) is 11.0. The topological polar surface area (TPSA) is 20.3 Å². The molecule has 1 aliphatic rings. The highest BCUT2D eigenvalue weighted by atomic mass is 16.1. The van der Waals surface area contributed by atoms with Crippen molar-refractivity contribution in [2.24, 2.45) is 5.92 Å². The molecule has 98 valence electrons. The molecular formula is C16H23NO. The molecule has 0 spiro atoms. The lowest BCUT2D eigenvalue weighted by Gasteiger charge is -2.28. The smallest absolute Gasteiger partial charge is 0.137 e. The summed E-state index contributed by atoms with van der Waals surface area (Å²) in [5.74, 6) is 0.741. The Bertz CT molecular complexity index is 385. The number of benzene rings is 1. The summed E-state index contributed by atoms with van der Waals surface area (Å²) < 4.78 is 0. The van der Waals surface area contributed by atoms with Crippen LogP contribution < -0.4 is 0 Å². The molecule has 1 aliphatic carbocycles. The molecule has 2 heteroatoms. The van der Waals surface area contributed by atoms with Gasteiger partial charge in [-0.15, -0.1) is 0 Å². The van der Waals surface area contributed by atoms with Gasteiger partial charge < -0.3 is 0 Å². The molecule has 0 aromatic heterocycles. The van der Waals surface area contributed by atoms with Crippen LogP contribution in [0.1, 0.15) is 38.7 Å². The maximum absolute atomic E-state index is 11.8. The van der Waals surface area contributed by atoms with Gasteiger partial charge in [0.1, 0.15) is 5.78 Å². The van der Waals surface area contributed by atoms with E-state index in [1.807, 2.05) is 6.07 Å². The van der Waals surface area contributed by atoms with E-state index in [0.29, 0.717) is 11.8 Å². The number of nitrogens with zero attached hydrogens (tertiary/aromatic N) is 1. The summed E-state index contributed by atoms with van der Waals surface area (Å²) in [6.07, 6.45) is 2.96. The SMILES string of the molecule is CC(C)N(Cc1ccccc1)CC1CCCC1=O. The lowest BCUT2D eigenvalue weighted by atomic mass is 10.0. The van der Waals surface area contributed by atoms with E-state index >= 15 is 0 Å². The van der Waals surface area contributed by atoms with Crippen molar-refractivity contribution in [1.29, 1.82) is 0 Å². The molecule has 1 unspecified atom stereocenters. The molecule has 1 fully saturated rings. The largest absolute Gasteiger partial charge is 0.299 e. The number of Topliss-reactive ketones (excluding diaryl/α,β-unsaturated/α-hetero) is 1. The van der Waals surface area contributed by atoms with Crippen LogP contribution in [-0.2, 0) is 11.3 Å². The van der Waals surface area contributed by atoms with E-state index in [-0.39, 0.29) is 5.92 Å². The van der Waals surface area contributed by atoms with E-state index in [1.165, 1.54) is 5.56 Å². The van der Waals surface area contributed by atoms with E-state index in [1.54, 1.807) is 0 Å². The minimum Gasteiger partial charge on any atom is -0.299 e. The third-order valence-electron chi connectivity index (χ3n) is 3.84. The molecule has 0 bridgehead atoms. The second-order valence-electron chi connectivity index (χ2n) is 5.56. The fraction of sp³-hybridized carbons (Fsp3) is 0.562. The van der Waals surface area contributed by atoms with Crippen molar-refractivity contribution in [1.82, 2.24) is 4.90 Å². The Kier molecular flexibility index (Phi) is 4.54. The Morgan fingerprint density at radius 3 is 2.56 bits per heavy atom. The summed E-state index contributed by atoms with van der Waals surface area (Å²) >= 11 is 0. The summed E-state index contributed by atoms with van der Waals surface area (Å²) in [7, 11) is 0. The molecule has 0 radical (unpaired) electrons. The van der Waals surface area contributed by atoms with Crippen molar-refractivity contribution in [3.05, 3.63) is 35.9 Å². The first-order chi connectivity index (χ1) is 8.66. The second kappa shape index (κ2) is 6.14. The first-order valence-corrected chi connectivity index (χ1v) is 6.97. The van der Waals surface area contributed by atoms with Gasteiger partial charge in [0.05, 0.1) is 0 Å². The van der Waals surface area contributed by atoms with Crippen LogP contribution in [0.5, 0.6) is 0 Å². The van der Waals surface area contributed by atoms with Gasteiger partial charge in [-0.3, -0.25) is 9.69 Å². The molecule has 0 saturated heterocycles. The zero-order valence-corrected chi connectivity index (χ0v) is 11.4. The highest BCUT2D eigenvalue weighted by molar-refractivity contribution is 5.83. The van der Waals surface area contributed by atoms with Crippen molar-refractivity contribution >= 4 is 5.78 Å². The standard InChI is InChI=1S/C16H23NO/c1-13(2)17(11-14-7-4-3-5-8-14)12-15-9-6-10-16(15)18/h3-5,7-8,13,15H,6,9-12H2,1-2H3. The zero-order chi connectivity index (χ0) is 13.0. The van der Waals surface area contributed by atoms with Gasteiger partial charge in [0.25, 0.3) is 0 Å². The van der Waals surface area contributed by atoms with E-state index in [4.69, 9.17) is 0 Å². The maximum atomic E-state index is 11.8. The lowest BCUT2D eigenvalue weighted by Crippen LogP contribution is -2.36. The molecule has 0 amide bonds. The van der Waals surface area contributed by atoms with E-state index in [9.17, 15) is 4.79 Å². The van der Waals surface area contributed by atoms with E-state index in [0.717, 1.165) is 32.4 Å². The van der Waals surface area contributed by atoms with Crippen LogP contribution in [0.25, 0.3) is 0 Å². The van der Waals surface area contributed by atoms with Crippen molar-refractivity contribution in [3.63, 3.8) is 0 Å². The average molecular weight is 245 g/mol. The number of hydrogen-bond acceptors (Lipinski definition) is 2. The van der Waals surface area contributed by atoms with Gasteiger partial charge in [-0.25, -0.2) is 0 Å². The highest BCUT2D eigenvalue weighted by Crippen LogP contribution is 2.23. The lowest BCUT2D eigenvalue weighted by molar-refractivity contribution is -0.121. The number of carbonyl (C=O) groups excluding carboxylic acids is 1. The van der Waals surface area contributed by atoms with Crippen LogP contribution in [0.15, 0.2) is 30.3 Å². The molecule has 0 aliphatic heterocycles. The Hall–Kier alpha value is -1.15. The number of carbonyl (C=O) groups is 1. The van der Waals surface area contributed by atoms with Gasteiger partial charge in [-0.1, -0.05) is 30.3 Å². The van der Waals surface area contributed by atoms with Crippen molar-refractivity contribution in [2.45, 2.75) is 45.7 Å². The van der Waals surface area contributed by atoms with Crippen LogP contribution in [-0.4, -0.2) is 23.3 Å². The fourth-order valence-electron chi connectivity index (χ4n) is 2.64. The fourth-order valence-corrected chi connectivity index (χ4v) is 2.64. The minimum absolute atomic E-state index is 0.274. The van der Waals surface area contributed by atoms with Crippen LogP contribution in [0.4, 0.5) is 0 Å². The van der Waals surface area contributed by atoms with Crippen LogP contribution in [0, 0.1) is 5.92 Å². The third kappa shape index (κ3) is 3.42. The molecule has 1 saturated carbocycles. The van der Waals surface area contributed by atoms with E-state index in [2.05, 4.69) is 43.0 Å². The zero-order valence-electron chi connectivity index (χ0n) is 11.4. The molecule has 1 aromatic rings. The molecule has 1 aromatic carbocycles. The molecule has 18 heavy (non-hydrogen) atoms. The maximum Gasteiger partial charge on any atom is 0.137 e. The van der Waals surface area contributed by atoms with Crippen molar-refractivity contribution < 1.29 is 4.79 Å². The van der Waals surface area contributed by atoms with E-state index < -0.39 is 0 Å². The Balaban J connectivity index is 1.98. The monoisotopic (exact) mass is 245 g/mol. The minimum atomic E-state index is 0.274. The second-order valence-corrected chi connectivity index (χ2v) is 5.56. The van der Waals surface area contributed by atoms with Crippen molar-refractivity contribution in [2.75, 3.05) is 6.54 Å². The third-order valence-corrected chi connectivity index (χ3v) is 3.84. The molecule has 0 heterocycles. The molecule has 1 atom stereocenters. The predicted molar refractivity (Wildman–Crippen MR) is 74.3 cm³/mol. The molecular weight excluding hydrogens is 222 g/mol. The number of rotatable bonds is 5. The normalized spacial score (nSPS) is 20.0. The summed E-state index contributed by atoms with van der Waals surface area (Å²) in [5, 5.41) is 0. The number of ketones is 1. The van der Waals surface area contributed by atoms with Gasteiger partial charge in [0.15, 0.2) is 0 Å². The van der Waals surface area contributed by atoms with Gasteiger partial charge in [0.2, 0.25) is 0 Å². The van der Waals surface area contributed by atoms with Crippen LogP contribution in [0.2, 0.25) is 0 Å². The molecule has 2 rings (SSSR count). The van der Waals surface area contributed by atoms with Gasteiger partial charge >= 0.3 is 0 Å². The first-order valence-electron chi connectivity index (χ1n) is 6.97. The quantitative estimate of drug-likeness (QED) is 0.793.